The minimum absolute atomic E-state index is 0.0583. The molecule has 53 heavy (non-hydrogen) atoms. The van der Waals surface area contributed by atoms with Crippen molar-refractivity contribution >= 4 is 40.7 Å². The summed E-state index contributed by atoms with van der Waals surface area (Å²) < 4.78 is 5.80. The number of ether oxygens (including phenoxy) is 1. The van der Waals surface area contributed by atoms with Crippen LogP contribution in [-0.4, -0.2) is 45.3 Å². The number of hydrogen-bond acceptors (Lipinski definition) is 9. The number of nitro groups is 1. The summed E-state index contributed by atoms with van der Waals surface area (Å²) >= 11 is 0. The molecule has 4 aromatic carbocycles. The number of non-ortho nitro benzene ring substituents is 1. The molecule has 4 aliphatic rings. The molecule has 0 radical (unpaired) electrons. The highest BCUT2D eigenvalue weighted by atomic mass is 16.6. The minimum Gasteiger partial charge on any atom is -0.504 e. The zero-order valence-corrected chi connectivity index (χ0v) is 29.0. The van der Waals surface area contributed by atoms with E-state index in [4.69, 9.17) is 4.74 Å². The Morgan fingerprint density at radius 2 is 1.64 bits per heavy atom. The first-order valence-corrected chi connectivity index (χ1v) is 17.6. The number of nitrogens with one attached hydrogen (secondary N) is 1. The van der Waals surface area contributed by atoms with Gasteiger partial charge in [-0.15, -0.1) is 0 Å². The monoisotopic (exact) mass is 712 g/mol. The number of carbonyl (C=O) groups is 4. The first kappa shape index (κ1) is 33.8. The van der Waals surface area contributed by atoms with Gasteiger partial charge in [-0.1, -0.05) is 77.9 Å². The number of anilines is 2. The molecule has 12 heteroatoms. The maximum atomic E-state index is 15.3. The van der Waals surface area contributed by atoms with Crippen LogP contribution in [0.2, 0.25) is 0 Å². The Morgan fingerprint density at radius 1 is 0.906 bits per heavy atom. The van der Waals surface area contributed by atoms with Crippen LogP contribution in [0.15, 0.2) is 109 Å². The fourth-order valence-corrected chi connectivity index (χ4v) is 9.14. The van der Waals surface area contributed by atoms with Crippen molar-refractivity contribution < 1.29 is 33.9 Å². The maximum Gasteiger partial charge on any atom is 0.271 e. The number of hydrogen-bond donors (Lipinski definition) is 2. The summed E-state index contributed by atoms with van der Waals surface area (Å²) in [6.45, 7) is 3.98. The van der Waals surface area contributed by atoms with Crippen LogP contribution < -0.4 is 15.1 Å². The van der Waals surface area contributed by atoms with E-state index in [0.29, 0.717) is 22.4 Å². The molecule has 2 aliphatic heterocycles. The van der Waals surface area contributed by atoms with Gasteiger partial charge in [0.2, 0.25) is 11.8 Å². The third-order valence-electron chi connectivity index (χ3n) is 11.3. The number of imide groups is 2. The van der Waals surface area contributed by atoms with Gasteiger partial charge in [0.1, 0.15) is 0 Å². The van der Waals surface area contributed by atoms with Crippen molar-refractivity contribution in [1.82, 2.24) is 5.01 Å². The molecular weight excluding hydrogens is 676 g/mol. The van der Waals surface area contributed by atoms with Gasteiger partial charge < -0.3 is 9.84 Å². The lowest BCUT2D eigenvalue weighted by Crippen LogP contribution is -2.53. The average molecular weight is 713 g/mol. The SMILES string of the molecule is CCOc1cccc([C@H]2C3=CC[C@@H]4C(=O)N(c5cccc([N+](=O)[O-])c5)C(=O)[C@@H]4[C@@H]3C[C@H]3C(=O)N(Nc4ccc(C)cc4)C(=O)[C@@]23c2ccccc2)c1O. The van der Waals surface area contributed by atoms with E-state index in [1.807, 2.05) is 43.3 Å². The van der Waals surface area contributed by atoms with Crippen LogP contribution in [0.3, 0.4) is 0 Å². The fraction of sp³-hybridized carbons (Fsp3) is 0.268. The van der Waals surface area contributed by atoms with Crippen LogP contribution in [0.1, 0.15) is 42.4 Å². The summed E-state index contributed by atoms with van der Waals surface area (Å²) in [6.07, 6.45) is 2.10. The number of phenolic OH excluding ortho intramolecular Hbond substituents is 1. The van der Waals surface area contributed by atoms with Crippen molar-refractivity contribution in [3.63, 3.8) is 0 Å². The second-order valence-corrected chi connectivity index (χ2v) is 14.0. The second-order valence-electron chi connectivity index (χ2n) is 14.0. The highest BCUT2D eigenvalue weighted by Crippen LogP contribution is 2.65. The van der Waals surface area contributed by atoms with Crippen molar-refractivity contribution in [1.29, 1.82) is 0 Å². The summed E-state index contributed by atoms with van der Waals surface area (Å²) in [5.41, 5.74) is 4.43. The number of phenols is 1. The number of benzene rings is 4. The number of amides is 4. The van der Waals surface area contributed by atoms with Crippen molar-refractivity contribution in [3.05, 3.63) is 136 Å². The van der Waals surface area contributed by atoms with E-state index in [1.165, 1.54) is 24.3 Å². The number of nitrogens with zero attached hydrogens (tertiary/aromatic N) is 3. The van der Waals surface area contributed by atoms with Gasteiger partial charge in [-0.2, -0.15) is 5.01 Å². The molecule has 3 fully saturated rings. The topological polar surface area (TPSA) is 159 Å². The van der Waals surface area contributed by atoms with Crippen LogP contribution in [0, 0.1) is 40.7 Å². The summed E-state index contributed by atoms with van der Waals surface area (Å²) in [5, 5.41) is 24.6. The highest BCUT2D eigenvalue weighted by Gasteiger charge is 2.70. The van der Waals surface area contributed by atoms with E-state index in [-0.39, 0.29) is 42.3 Å². The van der Waals surface area contributed by atoms with Crippen LogP contribution >= 0.6 is 0 Å². The molecule has 12 nitrogen and oxygen atoms in total. The zero-order valence-electron chi connectivity index (χ0n) is 29.0. The first-order valence-electron chi connectivity index (χ1n) is 17.6. The quantitative estimate of drug-likeness (QED) is 0.0939. The lowest BCUT2D eigenvalue weighted by molar-refractivity contribution is -0.384. The number of rotatable bonds is 8. The molecule has 2 heterocycles. The lowest BCUT2D eigenvalue weighted by atomic mass is 9.49. The van der Waals surface area contributed by atoms with Gasteiger partial charge in [-0.05, 0) is 62.4 Å². The van der Waals surface area contributed by atoms with Crippen molar-refractivity contribution in [2.45, 2.75) is 38.0 Å². The van der Waals surface area contributed by atoms with Crippen LogP contribution in [0.5, 0.6) is 11.5 Å². The minimum atomic E-state index is -1.57. The second kappa shape index (κ2) is 12.7. The largest absolute Gasteiger partial charge is 0.504 e. The molecule has 2 N–H and O–H groups in total. The predicted octanol–water partition coefficient (Wildman–Crippen LogP) is 6.20. The maximum absolute atomic E-state index is 15.3. The summed E-state index contributed by atoms with van der Waals surface area (Å²) in [5.74, 6) is -6.38. The molecular formula is C41H36N4O8. The van der Waals surface area contributed by atoms with E-state index >= 15 is 4.79 Å². The Hall–Kier alpha value is -6.30. The summed E-state index contributed by atoms with van der Waals surface area (Å²) in [6, 6.07) is 26.8. The van der Waals surface area contributed by atoms with Crippen molar-refractivity contribution in [3.8, 4) is 11.5 Å². The third kappa shape index (κ3) is 5.03. The van der Waals surface area contributed by atoms with Gasteiger partial charge in [0, 0.05) is 23.6 Å². The van der Waals surface area contributed by atoms with Crippen LogP contribution in [-0.2, 0) is 24.6 Å². The summed E-state index contributed by atoms with van der Waals surface area (Å²) in [7, 11) is 0. The average Bonchev–Trinajstić information content (AvgIpc) is 3.54. The predicted molar refractivity (Wildman–Crippen MR) is 194 cm³/mol. The molecule has 268 valence electrons. The Balaban J connectivity index is 1.32. The Bertz CT molecular complexity index is 2220. The molecule has 2 saturated heterocycles. The van der Waals surface area contributed by atoms with Gasteiger partial charge in [-0.3, -0.25) is 34.7 Å². The van der Waals surface area contributed by atoms with Gasteiger partial charge >= 0.3 is 0 Å². The van der Waals surface area contributed by atoms with Gasteiger partial charge in [-0.25, -0.2) is 4.90 Å². The number of allylic oxidation sites excluding steroid dienone is 2. The number of para-hydroxylation sites is 1. The lowest BCUT2D eigenvalue weighted by Gasteiger charge is -2.50. The number of nitro benzene ring substituents is 1. The molecule has 0 bridgehead atoms. The number of carbonyl (C=O) groups excluding carboxylic acids is 4. The standard InChI is InChI=1S/C41H36N4O8/c1-3-53-33-14-8-13-30(36(33)46)35-28-19-20-29-34(39(49)43(37(29)47)26-11-7-12-27(21-26)45(51)52)31(28)22-32-38(48)44(42-25-17-15-23(2)16-18-25)40(50)41(32,35)24-9-5-4-6-10-24/h4-19,21,29,31-32,34-35,42,46H,3,20,22H2,1-2H3/t29-,31+,32-,34-,35+,41+/m0/s1. The molecule has 0 unspecified atom stereocenters. The fourth-order valence-electron chi connectivity index (χ4n) is 9.14. The van der Waals surface area contributed by atoms with Gasteiger partial charge in [0.05, 0.1) is 46.1 Å². The Labute approximate surface area is 304 Å². The van der Waals surface area contributed by atoms with Crippen LogP contribution in [0.25, 0.3) is 0 Å². The number of hydrazine groups is 1. The number of fused-ring (bicyclic) bond motifs is 4. The van der Waals surface area contributed by atoms with E-state index in [9.17, 15) is 29.6 Å². The molecule has 2 aliphatic carbocycles. The van der Waals surface area contributed by atoms with Crippen molar-refractivity contribution in [2.24, 2.45) is 23.7 Å². The molecule has 4 aromatic rings. The molecule has 4 amide bonds. The van der Waals surface area contributed by atoms with Crippen LogP contribution in [0.4, 0.5) is 17.1 Å². The summed E-state index contributed by atoms with van der Waals surface area (Å²) in [4.78, 5) is 70.8. The van der Waals surface area contributed by atoms with Gasteiger partial charge in [0.25, 0.3) is 17.5 Å². The normalized spacial score (nSPS) is 26.2. The first-order chi connectivity index (χ1) is 25.6. The molecule has 0 spiro atoms. The molecule has 8 rings (SSSR count). The van der Waals surface area contributed by atoms with E-state index in [0.717, 1.165) is 15.5 Å². The molecule has 1 saturated carbocycles. The Kier molecular flexibility index (Phi) is 8.12. The van der Waals surface area contributed by atoms with Gasteiger partial charge in [0.15, 0.2) is 11.5 Å². The van der Waals surface area contributed by atoms with E-state index in [1.54, 1.807) is 49.4 Å². The van der Waals surface area contributed by atoms with E-state index < -0.39 is 63.6 Å². The Morgan fingerprint density at radius 3 is 2.36 bits per heavy atom. The highest BCUT2D eigenvalue weighted by molar-refractivity contribution is 6.22. The smallest absolute Gasteiger partial charge is 0.271 e. The van der Waals surface area contributed by atoms with E-state index in [2.05, 4.69) is 5.43 Å². The third-order valence-corrected chi connectivity index (χ3v) is 11.3. The number of aryl methyl sites for hydroxylation is 1. The van der Waals surface area contributed by atoms with Crippen molar-refractivity contribution in [2.75, 3.05) is 16.9 Å². The molecule has 0 aromatic heterocycles. The number of aromatic hydroxyl groups is 1. The molecule has 6 atom stereocenters. The zero-order chi connectivity index (χ0) is 37.2.